The molecule has 1 saturated heterocycles. The Morgan fingerprint density at radius 2 is 1.75 bits per heavy atom. The smallest absolute Gasteiger partial charge is 0.313 e. The molecule has 2 amide bonds. The summed E-state index contributed by atoms with van der Waals surface area (Å²) < 4.78 is 16.8. The van der Waals surface area contributed by atoms with Gasteiger partial charge in [0, 0.05) is 31.4 Å². The molecule has 32 heavy (non-hydrogen) atoms. The van der Waals surface area contributed by atoms with Gasteiger partial charge in [0.2, 0.25) is 0 Å². The van der Waals surface area contributed by atoms with Gasteiger partial charge in [-0.2, -0.15) is 0 Å². The lowest BCUT2D eigenvalue weighted by atomic mass is 10.1. The number of nitrogens with zero attached hydrogens (tertiary/aromatic N) is 1. The van der Waals surface area contributed by atoms with E-state index in [0.29, 0.717) is 36.9 Å². The van der Waals surface area contributed by atoms with Crippen LogP contribution in [0, 0.1) is 0 Å². The Morgan fingerprint density at radius 3 is 2.59 bits per heavy atom. The molecule has 2 aromatic carbocycles. The third kappa shape index (κ3) is 5.99. The van der Waals surface area contributed by atoms with Crippen LogP contribution in [0.25, 0.3) is 0 Å². The Labute approximate surface area is 187 Å². The van der Waals surface area contributed by atoms with E-state index < -0.39 is 11.8 Å². The molecule has 0 saturated carbocycles. The average Bonchev–Trinajstić information content (AvgIpc) is 2.84. The van der Waals surface area contributed by atoms with Crippen molar-refractivity contribution in [2.45, 2.75) is 18.9 Å². The van der Waals surface area contributed by atoms with Crippen molar-refractivity contribution in [1.82, 2.24) is 10.2 Å². The van der Waals surface area contributed by atoms with Crippen LogP contribution < -0.4 is 20.1 Å². The van der Waals surface area contributed by atoms with Gasteiger partial charge in [0.05, 0.1) is 12.7 Å². The van der Waals surface area contributed by atoms with Gasteiger partial charge in [0.15, 0.2) is 11.5 Å². The number of morpholine rings is 1. The summed E-state index contributed by atoms with van der Waals surface area (Å²) in [5.74, 6) is -0.142. The predicted molar refractivity (Wildman–Crippen MR) is 120 cm³/mol. The third-order valence-electron chi connectivity index (χ3n) is 5.51. The van der Waals surface area contributed by atoms with E-state index in [0.717, 1.165) is 39.1 Å². The molecule has 0 aliphatic carbocycles. The zero-order chi connectivity index (χ0) is 22.2. The summed E-state index contributed by atoms with van der Waals surface area (Å²) in [4.78, 5) is 26.6. The summed E-state index contributed by atoms with van der Waals surface area (Å²) in [6.07, 6.45) is 1.84. The molecule has 170 valence electrons. The fraction of sp³-hybridized carbons (Fsp3) is 0.417. The van der Waals surface area contributed by atoms with E-state index in [1.807, 2.05) is 18.2 Å². The van der Waals surface area contributed by atoms with E-state index >= 15 is 0 Å². The predicted octanol–water partition coefficient (Wildman–Crippen LogP) is 2.37. The summed E-state index contributed by atoms with van der Waals surface area (Å²) in [5.41, 5.74) is 1.70. The van der Waals surface area contributed by atoms with E-state index in [4.69, 9.17) is 14.2 Å². The summed E-state index contributed by atoms with van der Waals surface area (Å²) >= 11 is 0. The minimum Gasteiger partial charge on any atom is -0.486 e. The zero-order valence-electron chi connectivity index (χ0n) is 18.0. The summed E-state index contributed by atoms with van der Waals surface area (Å²) in [6, 6.07) is 15.3. The van der Waals surface area contributed by atoms with Gasteiger partial charge >= 0.3 is 11.8 Å². The molecule has 8 nitrogen and oxygen atoms in total. The van der Waals surface area contributed by atoms with Gasteiger partial charge < -0.3 is 24.8 Å². The molecule has 0 unspecified atom stereocenters. The molecule has 2 aliphatic rings. The lowest BCUT2D eigenvalue weighted by Gasteiger charge is -2.33. The maximum absolute atomic E-state index is 12.1. The molecule has 4 rings (SSSR count). The molecule has 0 spiro atoms. The minimum absolute atomic E-state index is 0.105. The zero-order valence-corrected chi connectivity index (χ0v) is 18.0. The van der Waals surface area contributed by atoms with Crippen molar-refractivity contribution in [3.63, 3.8) is 0 Å². The van der Waals surface area contributed by atoms with Crippen molar-refractivity contribution in [3.05, 3.63) is 54.1 Å². The van der Waals surface area contributed by atoms with Crippen molar-refractivity contribution < 1.29 is 23.8 Å². The van der Waals surface area contributed by atoms with Crippen LogP contribution in [0.15, 0.2) is 48.5 Å². The highest BCUT2D eigenvalue weighted by Crippen LogP contribution is 2.32. The molecule has 2 N–H and O–H groups in total. The van der Waals surface area contributed by atoms with Crippen LogP contribution in [0.5, 0.6) is 11.5 Å². The quantitative estimate of drug-likeness (QED) is 0.509. The largest absolute Gasteiger partial charge is 0.486 e. The number of carbonyl (C=O) groups is 2. The van der Waals surface area contributed by atoms with Crippen LogP contribution in [-0.2, 0) is 14.3 Å². The third-order valence-corrected chi connectivity index (χ3v) is 5.51. The van der Waals surface area contributed by atoms with Gasteiger partial charge in [-0.15, -0.1) is 0 Å². The Morgan fingerprint density at radius 1 is 0.938 bits per heavy atom. The summed E-state index contributed by atoms with van der Waals surface area (Å²) in [7, 11) is 0. The molecular formula is C24H29N3O5. The van der Waals surface area contributed by atoms with E-state index in [2.05, 4.69) is 27.7 Å². The number of benzene rings is 2. The first-order valence-corrected chi connectivity index (χ1v) is 11.1. The second-order valence-electron chi connectivity index (χ2n) is 7.85. The number of nitrogens with one attached hydrogen (secondary N) is 2. The van der Waals surface area contributed by atoms with Gasteiger partial charge in [-0.05, 0) is 37.1 Å². The van der Waals surface area contributed by atoms with E-state index in [-0.39, 0.29) is 6.10 Å². The highest BCUT2D eigenvalue weighted by molar-refractivity contribution is 6.39. The minimum atomic E-state index is -0.694. The molecule has 0 aromatic heterocycles. The fourth-order valence-corrected chi connectivity index (χ4v) is 3.83. The van der Waals surface area contributed by atoms with Crippen LogP contribution in [0.4, 0.5) is 5.69 Å². The van der Waals surface area contributed by atoms with Crippen LogP contribution >= 0.6 is 0 Å². The molecule has 1 atom stereocenters. The van der Waals surface area contributed by atoms with E-state index in [1.54, 1.807) is 18.2 Å². The monoisotopic (exact) mass is 439 g/mol. The lowest BCUT2D eigenvalue weighted by Crippen LogP contribution is -2.39. The molecule has 2 aromatic rings. The second-order valence-corrected chi connectivity index (χ2v) is 7.85. The van der Waals surface area contributed by atoms with Crippen LogP contribution in [0.3, 0.4) is 0 Å². The number of hydrogen-bond acceptors (Lipinski definition) is 6. The van der Waals surface area contributed by atoms with Crippen molar-refractivity contribution in [2.75, 3.05) is 51.3 Å². The summed E-state index contributed by atoms with van der Waals surface area (Å²) in [5, 5.41) is 5.28. The first-order chi connectivity index (χ1) is 15.7. The molecule has 0 bridgehead atoms. The number of amides is 2. The maximum atomic E-state index is 12.1. The second kappa shape index (κ2) is 11.0. The van der Waals surface area contributed by atoms with Gasteiger partial charge in [0.25, 0.3) is 0 Å². The fourth-order valence-electron chi connectivity index (χ4n) is 3.83. The van der Waals surface area contributed by atoms with E-state index in [9.17, 15) is 9.59 Å². The number of carbonyl (C=O) groups excluding carboxylic acids is 2. The Hall–Kier alpha value is -3.10. The topological polar surface area (TPSA) is 89.1 Å². The summed E-state index contributed by atoms with van der Waals surface area (Å²) in [6.45, 7) is 4.85. The number of fused-ring (bicyclic) bond motifs is 1. The molecule has 1 fully saturated rings. The number of ether oxygens (including phenoxy) is 3. The highest BCUT2D eigenvalue weighted by atomic mass is 16.6. The van der Waals surface area contributed by atoms with Crippen molar-refractivity contribution >= 4 is 17.5 Å². The maximum Gasteiger partial charge on any atom is 0.313 e. The van der Waals surface area contributed by atoms with E-state index in [1.165, 1.54) is 5.56 Å². The number of anilines is 1. The van der Waals surface area contributed by atoms with Gasteiger partial charge in [-0.1, -0.05) is 30.3 Å². The lowest BCUT2D eigenvalue weighted by molar-refractivity contribution is -0.136. The molecule has 2 aliphatic heterocycles. The van der Waals surface area contributed by atoms with Crippen molar-refractivity contribution in [2.24, 2.45) is 0 Å². The first-order valence-electron chi connectivity index (χ1n) is 11.1. The SMILES string of the molecule is O=C(NCCCCN1CCO[C@@H](c2ccccc2)C1)C(=O)Nc1ccc2c(c1)OCCO2. The molecule has 8 heteroatoms. The van der Waals surface area contributed by atoms with Gasteiger partial charge in [-0.3, -0.25) is 14.5 Å². The molecule has 0 radical (unpaired) electrons. The van der Waals surface area contributed by atoms with Crippen LogP contribution in [0.1, 0.15) is 24.5 Å². The Kier molecular flexibility index (Phi) is 7.58. The number of hydrogen-bond donors (Lipinski definition) is 2. The number of rotatable bonds is 7. The molecule has 2 heterocycles. The average molecular weight is 440 g/mol. The molecular weight excluding hydrogens is 410 g/mol. The Balaban J connectivity index is 1.13. The highest BCUT2D eigenvalue weighted by Gasteiger charge is 2.21. The number of unbranched alkanes of at least 4 members (excludes halogenated alkanes) is 1. The van der Waals surface area contributed by atoms with Crippen LogP contribution in [-0.4, -0.2) is 62.7 Å². The van der Waals surface area contributed by atoms with Gasteiger partial charge in [-0.25, -0.2) is 0 Å². The van der Waals surface area contributed by atoms with Gasteiger partial charge in [0.1, 0.15) is 13.2 Å². The Bertz CT molecular complexity index is 921. The van der Waals surface area contributed by atoms with Crippen LogP contribution in [0.2, 0.25) is 0 Å². The first kappa shape index (κ1) is 22.1. The standard InChI is InChI=1S/C24H29N3O5/c28-23(24(29)26-19-8-9-20-21(16-19)32-15-14-31-20)25-10-4-5-11-27-12-13-30-22(17-27)18-6-2-1-3-7-18/h1-3,6-9,16,22H,4-5,10-15,17H2,(H,25,28)(H,26,29)/t22-/m1/s1. The van der Waals surface area contributed by atoms with Crippen molar-refractivity contribution in [3.8, 4) is 11.5 Å². The normalized spacial score (nSPS) is 18.1. The van der Waals surface area contributed by atoms with Crippen molar-refractivity contribution in [1.29, 1.82) is 0 Å².